The molecule has 0 saturated heterocycles. The average molecular weight is 279 g/mol. The maximum atomic E-state index is 11.7. The van der Waals surface area contributed by atoms with Gasteiger partial charge in [0, 0.05) is 0 Å². The number of esters is 1. The fourth-order valence-corrected chi connectivity index (χ4v) is 2.52. The quantitative estimate of drug-likeness (QED) is 0.489. The number of methoxy groups -OCH3 is 1. The minimum Gasteiger partial charge on any atom is -0.464 e. The van der Waals surface area contributed by atoms with Gasteiger partial charge in [-0.1, -0.05) is 12.2 Å². The molecule has 0 bridgehead atoms. The Hall–Kier alpha value is -1.78. The van der Waals surface area contributed by atoms with Gasteiger partial charge in [-0.2, -0.15) is 0 Å². The number of rotatable bonds is 3. The van der Waals surface area contributed by atoms with Crippen LogP contribution in [-0.2, 0) is 14.3 Å². The highest BCUT2D eigenvalue weighted by Crippen LogP contribution is 2.54. The summed E-state index contributed by atoms with van der Waals surface area (Å²) < 4.78 is 9.84. The van der Waals surface area contributed by atoms with Crippen molar-refractivity contribution in [1.29, 1.82) is 0 Å². The lowest BCUT2D eigenvalue weighted by molar-refractivity contribution is -0.136. The van der Waals surface area contributed by atoms with Crippen LogP contribution in [0.15, 0.2) is 23.9 Å². The van der Waals surface area contributed by atoms with Crippen molar-refractivity contribution < 1.29 is 19.1 Å². The van der Waals surface area contributed by atoms with Gasteiger partial charge in [-0.3, -0.25) is 5.32 Å². The van der Waals surface area contributed by atoms with Crippen LogP contribution in [0.3, 0.4) is 0 Å². The van der Waals surface area contributed by atoms with Gasteiger partial charge in [-0.15, -0.1) is 0 Å². The molecule has 0 spiro atoms. The molecule has 110 valence electrons. The van der Waals surface area contributed by atoms with Gasteiger partial charge in [0.25, 0.3) is 0 Å². The summed E-state index contributed by atoms with van der Waals surface area (Å²) in [5.41, 5.74) is -0.445. The number of amides is 1. The first kappa shape index (κ1) is 14.6. The van der Waals surface area contributed by atoms with Crippen molar-refractivity contribution in [3.63, 3.8) is 0 Å². The van der Waals surface area contributed by atoms with Crippen LogP contribution in [0.5, 0.6) is 0 Å². The molecule has 1 fully saturated rings. The van der Waals surface area contributed by atoms with Gasteiger partial charge in [0.05, 0.1) is 7.11 Å². The third kappa shape index (κ3) is 3.40. The largest absolute Gasteiger partial charge is 0.464 e. The Morgan fingerprint density at radius 1 is 1.35 bits per heavy atom. The first-order chi connectivity index (χ1) is 9.31. The standard InChI is InChI=1S/C15H21NO4/c1-15(2,3)20-14(18)16-12(13(17)19-4)8-11-9-6-5-7-10(9)11/h5-6,8-11H,7H2,1-4H3,(H,16,18)/b12-8-/t9-,10+,11-/m0/s1. The number of hydrogen-bond donors (Lipinski definition) is 1. The number of alkyl carbamates (subject to hydrolysis) is 1. The van der Waals surface area contributed by atoms with Crippen LogP contribution in [0.4, 0.5) is 4.79 Å². The first-order valence-electron chi connectivity index (χ1n) is 6.78. The molecule has 0 aromatic rings. The molecule has 1 saturated carbocycles. The zero-order valence-corrected chi connectivity index (χ0v) is 12.3. The summed E-state index contributed by atoms with van der Waals surface area (Å²) in [6.45, 7) is 5.30. The fraction of sp³-hybridized carbons (Fsp3) is 0.600. The van der Waals surface area contributed by atoms with E-state index in [9.17, 15) is 9.59 Å². The normalized spacial score (nSPS) is 27.8. The smallest absolute Gasteiger partial charge is 0.412 e. The summed E-state index contributed by atoms with van der Waals surface area (Å²) in [6.07, 6.45) is 6.49. The minimum atomic E-state index is -0.643. The van der Waals surface area contributed by atoms with E-state index in [1.807, 2.05) is 0 Å². The Labute approximate surface area is 119 Å². The van der Waals surface area contributed by atoms with E-state index in [-0.39, 0.29) is 5.70 Å². The second-order valence-corrected chi connectivity index (χ2v) is 6.18. The van der Waals surface area contributed by atoms with Gasteiger partial charge in [-0.05, 0) is 51.0 Å². The Balaban J connectivity index is 2.01. The van der Waals surface area contributed by atoms with Crippen molar-refractivity contribution in [2.75, 3.05) is 7.11 Å². The van der Waals surface area contributed by atoms with Gasteiger partial charge < -0.3 is 9.47 Å². The summed E-state index contributed by atoms with van der Waals surface area (Å²) in [5, 5.41) is 2.49. The molecule has 2 aliphatic carbocycles. The van der Waals surface area contributed by atoms with Gasteiger partial charge in [0.15, 0.2) is 0 Å². The summed E-state index contributed by atoms with van der Waals surface area (Å²) >= 11 is 0. The monoisotopic (exact) mass is 279 g/mol. The molecule has 5 heteroatoms. The van der Waals surface area contributed by atoms with Crippen molar-refractivity contribution in [3.8, 4) is 0 Å². The topological polar surface area (TPSA) is 64.6 Å². The number of carbonyl (C=O) groups is 2. The Bertz CT molecular complexity index is 473. The number of nitrogens with one attached hydrogen (secondary N) is 1. The summed E-state index contributed by atoms with van der Waals surface area (Å²) in [7, 11) is 1.29. The average Bonchev–Trinajstić information content (AvgIpc) is 2.77. The van der Waals surface area contributed by atoms with E-state index < -0.39 is 17.7 Å². The number of fused-ring (bicyclic) bond motifs is 1. The van der Waals surface area contributed by atoms with Gasteiger partial charge in [0.1, 0.15) is 11.3 Å². The molecule has 1 amide bonds. The first-order valence-corrected chi connectivity index (χ1v) is 6.78. The molecule has 0 unspecified atom stereocenters. The molecule has 0 aromatic carbocycles. The second kappa shape index (κ2) is 5.31. The lowest BCUT2D eigenvalue weighted by Crippen LogP contribution is -2.34. The number of ether oxygens (including phenoxy) is 2. The van der Waals surface area contributed by atoms with E-state index >= 15 is 0 Å². The maximum Gasteiger partial charge on any atom is 0.412 e. The molecule has 5 nitrogen and oxygen atoms in total. The molecule has 2 rings (SSSR count). The summed E-state index contributed by atoms with van der Waals surface area (Å²) in [6, 6.07) is 0. The third-order valence-corrected chi connectivity index (χ3v) is 3.46. The fourth-order valence-electron chi connectivity index (χ4n) is 2.52. The number of carbonyl (C=O) groups excluding carboxylic acids is 2. The molecule has 3 atom stereocenters. The highest BCUT2D eigenvalue weighted by Gasteiger charge is 2.49. The van der Waals surface area contributed by atoms with E-state index in [4.69, 9.17) is 9.47 Å². The van der Waals surface area contributed by atoms with Crippen LogP contribution < -0.4 is 5.32 Å². The zero-order chi connectivity index (χ0) is 14.9. The second-order valence-electron chi connectivity index (χ2n) is 6.18. The van der Waals surface area contributed by atoms with Gasteiger partial charge in [-0.25, -0.2) is 9.59 Å². The SMILES string of the molecule is COC(=O)/C(=C/[C@H]1[C@H]2C=CC[C@H]21)NC(=O)OC(C)(C)C. The van der Waals surface area contributed by atoms with Crippen molar-refractivity contribution in [2.24, 2.45) is 17.8 Å². The predicted octanol–water partition coefficient (Wildman–Crippen LogP) is 2.39. The van der Waals surface area contributed by atoms with Crippen LogP contribution >= 0.6 is 0 Å². The molecule has 0 aromatic heterocycles. The van der Waals surface area contributed by atoms with Gasteiger partial charge in [0.2, 0.25) is 0 Å². The zero-order valence-electron chi connectivity index (χ0n) is 12.3. The van der Waals surface area contributed by atoms with Crippen LogP contribution in [0.25, 0.3) is 0 Å². The number of hydrogen-bond acceptors (Lipinski definition) is 4. The lowest BCUT2D eigenvalue weighted by Gasteiger charge is -2.20. The maximum absolute atomic E-state index is 11.7. The Morgan fingerprint density at radius 3 is 2.55 bits per heavy atom. The summed E-state index contributed by atoms with van der Waals surface area (Å²) in [5.74, 6) is 0.819. The third-order valence-electron chi connectivity index (χ3n) is 3.46. The van der Waals surface area contributed by atoms with Crippen LogP contribution in [0.1, 0.15) is 27.2 Å². The van der Waals surface area contributed by atoms with E-state index in [0.717, 1.165) is 6.42 Å². The molecule has 1 N–H and O–H groups in total. The Kier molecular flexibility index (Phi) is 3.88. The van der Waals surface area contributed by atoms with Crippen molar-refractivity contribution in [2.45, 2.75) is 32.8 Å². The number of allylic oxidation sites excluding steroid dienone is 3. The van der Waals surface area contributed by atoms with Crippen LogP contribution in [0.2, 0.25) is 0 Å². The van der Waals surface area contributed by atoms with E-state index in [0.29, 0.717) is 17.8 Å². The highest BCUT2D eigenvalue weighted by molar-refractivity contribution is 5.92. The van der Waals surface area contributed by atoms with Crippen molar-refractivity contribution >= 4 is 12.1 Å². The highest BCUT2D eigenvalue weighted by atomic mass is 16.6. The summed E-state index contributed by atoms with van der Waals surface area (Å²) in [4.78, 5) is 23.5. The van der Waals surface area contributed by atoms with Crippen molar-refractivity contribution in [1.82, 2.24) is 5.32 Å². The molecular formula is C15H21NO4. The molecular weight excluding hydrogens is 258 g/mol. The minimum absolute atomic E-state index is 0.162. The van der Waals surface area contributed by atoms with E-state index in [1.165, 1.54) is 7.11 Å². The lowest BCUT2D eigenvalue weighted by atomic mass is 10.2. The molecule has 20 heavy (non-hydrogen) atoms. The Morgan fingerprint density at radius 2 is 2.05 bits per heavy atom. The van der Waals surface area contributed by atoms with Gasteiger partial charge >= 0.3 is 12.1 Å². The molecule has 0 heterocycles. The van der Waals surface area contributed by atoms with E-state index in [2.05, 4.69) is 17.5 Å². The van der Waals surface area contributed by atoms with E-state index in [1.54, 1.807) is 26.8 Å². The molecule has 0 radical (unpaired) electrons. The molecule has 2 aliphatic rings. The molecule has 0 aliphatic heterocycles. The predicted molar refractivity (Wildman–Crippen MR) is 73.7 cm³/mol. The van der Waals surface area contributed by atoms with Crippen molar-refractivity contribution in [3.05, 3.63) is 23.9 Å². The van der Waals surface area contributed by atoms with Crippen LogP contribution in [-0.4, -0.2) is 24.8 Å². The van der Waals surface area contributed by atoms with Crippen LogP contribution in [0, 0.1) is 17.8 Å².